The number of hydrogen-bond donors (Lipinski definition) is 0. The molecule has 0 saturated heterocycles. The van der Waals surface area contributed by atoms with E-state index in [4.69, 9.17) is 0 Å². The van der Waals surface area contributed by atoms with Crippen molar-refractivity contribution in [1.82, 2.24) is 0 Å². The lowest BCUT2D eigenvalue weighted by atomic mass is 9.81. The molecule has 0 N–H and O–H groups in total. The molecule has 0 bridgehead atoms. The Morgan fingerprint density at radius 1 is 0.321 bits per heavy atom. The Labute approximate surface area is 329 Å². The zero-order valence-electron chi connectivity index (χ0n) is 31.7. The van der Waals surface area contributed by atoms with Gasteiger partial charge in [-0.15, -0.1) is 0 Å². The molecule has 0 aliphatic heterocycles. The summed E-state index contributed by atoms with van der Waals surface area (Å²) in [5, 5.41) is 2.44. The lowest BCUT2D eigenvalue weighted by molar-refractivity contribution is 0.660. The summed E-state index contributed by atoms with van der Waals surface area (Å²) in [6, 6.07) is 77.6. The molecule has 9 aromatic carbocycles. The molecular weight excluding hydrogens is 675 g/mol. The molecule has 1 heteroatoms. The van der Waals surface area contributed by atoms with Gasteiger partial charge in [0, 0.05) is 22.4 Å². The third kappa shape index (κ3) is 5.81. The van der Waals surface area contributed by atoms with Crippen molar-refractivity contribution in [1.29, 1.82) is 0 Å². The predicted octanol–water partition coefficient (Wildman–Crippen LogP) is 15.3. The summed E-state index contributed by atoms with van der Waals surface area (Å²) in [5.74, 6) is 0. The molecule has 0 spiro atoms. The van der Waals surface area contributed by atoms with Crippen LogP contribution >= 0.6 is 0 Å². The van der Waals surface area contributed by atoms with E-state index in [2.05, 4.69) is 231 Å². The van der Waals surface area contributed by atoms with Crippen molar-refractivity contribution in [2.75, 3.05) is 4.90 Å². The average Bonchev–Trinajstić information content (AvgIpc) is 3.50. The van der Waals surface area contributed by atoms with E-state index in [1.807, 2.05) is 0 Å². The number of rotatable bonds is 7. The van der Waals surface area contributed by atoms with Crippen LogP contribution in [0.3, 0.4) is 0 Å². The molecule has 9 aromatic rings. The van der Waals surface area contributed by atoms with Crippen LogP contribution in [0.5, 0.6) is 0 Å². The number of benzene rings is 9. The topological polar surface area (TPSA) is 3.24 Å². The van der Waals surface area contributed by atoms with E-state index in [1.54, 1.807) is 0 Å². The summed E-state index contributed by atoms with van der Waals surface area (Å²) in [5.41, 5.74) is 18.3. The van der Waals surface area contributed by atoms with E-state index in [9.17, 15) is 0 Å². The molecule has 10 rings (SSSR count). The number of anilines is 3. The second-order valence-corrected chi connectivity index (χ2v) is 15.4. The molecule has 0 amide bonds. The van der Waals surface area contributed by atoms with E-state index in [-0.39, 0.29) is 5.41 Å². The maximum Gasteiger partial charge on any atom is 0.0546 e. The van der Waals surface area contributed by atoms with Crippen LogP contribution in [0.1, 0.15) is 25.0 Å². The van der Waals surface area contributed by atoms with Crippen LogP contribution in [0, 0.1) is 0 Å². The van der Waals surface area contributed by atoms with Crippen molar-refractivity contribution < 1.29 is 0 Å². The van der Waals surface area contributed by atoms with Gasteiger partial charge < -0.3 is 4.90 Å². The fourth-order valence-electron chi connectivity index (χ4n) is 8.75. The molecule has 1 aliphatic carbocycles. The third-order valence-corrected chi connectivity index (χ3v) is 11.7. The SMILES string of the molecule is CC1(C)c2cc(N(c3ccc(-c4ccccc4)cc3)c3cc4ccccc4cc3-c3ccccc3)ccc2-c2c(-c3ccc(-c4ccccc4)cc3)cccc21. The van der Waals surface area contributed by atoms with Gasteiger partial charge in [0.05, 0.1) is 5.69 Å². The van der Waals surface area contributed by atoms with Crippen LogP contribution in [0.15, 0.2) is 212 Å². The van der Waals surface area contributed by atoms with Gasteiger partial charge in [-0.05, 0) is 108 Å². The molecule has 1 aliphatic rings. The molecular formula is C55H41N. The first-order valence-electron chi connectivity index (χ1n) is 19.5. The molecule has 56 heavy (non-hydrogen) atoms. The Bertz CT molecular complexity index is 2840. The van der Waals surface area contributed by atoms with Crippen molar-refractivity contribution in [2.45, 2.75) is 19.3 Å². The van der Waals surface area contributed by atoms with Gasteiger partial charge in [-0.2, -0.15) is 0 Å². The van der Waals surface area contributed by atoms with Gasteiger partial charge in [0.1, 0.15) is 0 Å². The largest absolute Gasteiger partial charge is 0.310 e. The first-order valence-corrected chi connectivity index (χ1v) is 19.5. The standard InChI is InChI=1S/C55H41N/c1-55(2)51-24-14-23-48(43-27-25-40(26-28-43)38-15-6-3-7-16-38)54(51)49-34-33-47(37-52(49)55)56(46-31-29-41(30-32-46)39-17-8-4-9-18-39)53-36-45-22-13-12-21-44(45)35-50(53)42-19-10-5-11-20-42/h3-37H,1-2H3. The third-order valence-electron chi connectivity index (χ3n) is 11.7. The minimum absolute atomic E-state index is 0.199. The highest BCUT2D eigenvalue weighted by atomic mass is 15.1. The zero-order chi connectivity index (χ0) is 37.6. The van der Waals surface area contributed by atoms with Crippen molar-refractivity contribution in [3.63, 3.8) is 0 Å². The summed E-state index contributed by atoms with van der Waals surface area (Å²) in [4.78, 5) is 2.46. The highest BCUT2D eigenvalue weighted by Gasteiger charge is 2.37. The van der Waals surface area contributed by atoms with E-state index < -0.39 is 0 Å². The van der Waals surface area contributed by atoms with Crippen LogP contribution in [0.2, 0.25) is 0 Å². The molecule has 0 saturated carbocycles. The summed E-state index contributed by atoms with van der Waals surface area (Å²) in [7, 11) is 0. The molecule has 0 aromatic heterocycles. The summed E-state index contributed by atoms with van der Waals surface area (Å²) >= 11 is 0. The van der Waals surface area contributed by atoms with E-state index in [0.717, 1.165) is 17.1 Å². The van der Waals surface area contributed by atoms with Crippen molar-refractivity contribution in [3.8, 4) is 55.6 Å². The maximum atomic E-state index is 2.46. The van der Waals surface area contributed by atoms with Crippen LogP contribution in [-0.4, -0.2) is 0 Å². The van der Waals surface area contributed by atoms with Gasteiger partial charge in [-0.1, -0.05) is 190 Å². The smallest absolute Gasteiger partial charge is 0.0546 e. The van der Waals surface area contributed by atoms with Crippen LogP contribution in [0.25, 0.3) is 66.4 Å². The first-order chi connectivity index (χ1) is 27.5. The van der Waals surface area contributed by atoms with E-state index in [1.165, 1.54) is 77.5 Å². The van der Waals surface area contributed by atoms with Gasteiger partial charge in [-0.25, -0.2) is 0 Å². The highest BCUT2D eigenvalue weighted by molar-refractivity contribution is 6.00. The fraction of sp³-hybridized carbons (Fsp3) is 0.0545. The molecule has 0 fully saturated rings. The number of hydrogen-bond acceptors (Lipinski definition) is 1. The van der Waals surface area contributed by atoms with E-state index in [0.29, 0.717) is 0 Å². The zero-order valence-corrected chi connectivity index (χ0v) is 31.7. The monoisotopic (exact) mass is 715 g/mol. The molecule has 0 atom stereocenters. The predicted molar refractivity (Wildman–Crippen MR) is 238 cm³/mol. The molecule has 0 unspecified atom stereocenters. The summed E-state index contributed by atoms with van der Waals surface area (Å²) < 4.78 is 0. The van der Waals surface area contributed by atoms with Gasteiger partial charge in [0.2, 0.25) is 0 Å². The van der Waals surface area contributed by atoms with Gasteiger partial charge in [0.25, 0.3) is 0 Å². The number of fused-ring (bicyclic) bond motifs is 4. The maximum absolute atomic E-state index is 2.46. The van der Waals surface area contributed by atoms with Crippen molar-refractivity contribution >= 4 is 27.8 Å². The van der Waals surface area contributed by atoms with Crippen LogP contribution < -0.4 is 4.90 Å². The molecule has 0 radical (unpaired) electrons. The Kier molecular flexibility index (Phi) is 8.23. The Morgan fingerprint density at radius 3 is 1.43 bits per heavy atom. The van der Waals surface area contributed by atoms with Gasteiger partial charge in [-0.3, -0.25) is 0 Å². The average molecular weight is 716 g/mol. The van der Waals surface area contributed by atoms with Gasteiger partial charge in [0.15, 0.2) is 0 Å². The normalized spacial score (nSPS) is 12.6. The van der Waals surface area contributed by atoms with Crippen molar-refractivity contribution in [3.05, 3.63) is 223 Å². The minimum atomic E-state index is -0.199. The first kappa shape index (κ1) is 33.6. The number of nitrogens with zero attached hydrogens (tertiary/aromatic N) is 1. The summed E-state index contributed by atoms with van der Waals surface area (Å²) in [6.45, 7) is 4.77. The van der Waals surface area contributed by atoms with E-state index >= 15 is 0 Å². The quantitative estimate of drug-likeness (QED) is 0.159. The van der Waals surface area contributed by atoms with Gasteiger partial charge >= 0.3 is 0 Å². The van der Waals surface area contributed by atoms with Crippen molar-refractivity contribution in [2.24, 2.45) is 0 Å². The van der Waals surface area contributed by atoms with Crippen LogP contribution in [-0.2, 0) is 5.41 Å². The molecule has 1 nitrogen and oxygen atoms in total. The fourth-order valence-corrected chi connectivity index (χ4v) is 8.75. The lowest BCUT2D eigenvalue weighted by Crippen LogP contribution is -2.17. The minimum Gasteiger partial charge on any atom is -0.310 e. The lowest BCUT2D eigenvalue weighted by Gasteiger charge is -2.30. The second kappa shape index (κ2) is 13.7. The Morgan fingerprint density at radius 2 is 0.804 bits per heavy atom. The summed E-state index contributed by atoms with van der Waals surface area (Å²) in [6.07, 6.45) is 0. The molecule has 266 valence electrons. The van der Waals surface area contributed by atoms with Crippen LogP contribution in [0.4, 0.5) is 17.1 Å². The highest BCUT2D eigenvalue weighted by Crippen LogP contribution is 2.54. The Balaban J connectivity index is 1.14. The Hall–Kier alpha value is -6.96. The molecule has 0 heterocycles. The second-order valence-electron chi connectivity index (χ2n) is 15.4.